The third-order valence-electron chi connectivity index (χ3n) is 7.52. The van der Waals surface area contributed by atoms with Gasteiger partial charge in [-0.2, -0.15) is 10.2 Å². The molecule has 4 aromatic rings. The highest BCUT2D eigenvalue weighted by Crippen LogP contribution is 2.30. The number of ether oxygens (including phenoxy) is 2. The van der Waals surface area contributed by atoms with Crippen molar-refractivity contribution in [2.75, 3.05) is 19.7 Å². The zero-order valence-corrected chi connectivity index (χ0v) is 21.4. The Balaban J connectivity index is 1.08. The highest BCUT2D eigenvalue weighted by atomic mass is 19.1. The number of nitriles is 1. The first-order valence-electron chi connectivity index (χ1n) is 13.2. The predicted octanol–water partition coefficient (Wildman–Crippen LogP) is 4.60. The monoisotopic (exact) mass is 529 g/mol. The van der Waals surface area contributed by atoms with Crippen LogP contribution in [0.2, 0.25) is 0 Å². The molecular weight excluding hydrogens is 501 g/mol. The maximum Gasteiger partial charge on any atom is 0.245 e. The Bertz CT molecular complexity index is 1530. The Morgan fingerprint density at radius 1 is 1.15 bits per heavy atom. The fourth-order valence-electron chi connectivity index (χ4n) is 5.21. The van der Waals surface area contributed by atoms with Crippen molar-refractivity contribution < 1.29 is 23.1 Å². The van der Waals surface area contributed by atoms with Crippen molar-refractivity contribution in [1.29, 1.82) is 5.26 Å². The second-order valence-electron chi connectivity index (χ2n) is 10.0. The number of pyridine rings is 1. The summed E-state index contributed by atoms with van der Waals surface area (Å²) in [5.41, 5.74) is 2.95. The van der Waals surface area contributed by atoms with Crippen LogP contribution in [0.1, 0.15) is 58.4 Å². The normalized spacial score (nSPS) is 18.1. The number of imidazole rings is 1. The average molecular weight is 530 g/mol. The Hall–Kier alpha value is -4.07. The first-order valence-corrected chi connectivity index (χ1v) is 13.2. The van der Waals surface area contributed by atoms with Crippen LogP contribution in [0.5, 0.6) is 5.88 Å². The van der Waals surface area contributed by atoms with E-state index >= 15 is 0 Å². The fourth-order valence-corrected chi connectivity index (χ4v) is 5.21. The number of halogens is 1. The van der Waals surface area contributed by atoms with Crippen molar-refractivity contribution in [3.8, 4) is 11.9 Å². The quantitative estimate of drug-likeness (QED) is 0.290. The average Bonchev–Trinajstić information content (AvgIpc) is 3.48. The molecule has 39 heavy (non-hydrogen) atoms. The number of hydrogen-bond donors (Lipinski definition) is 0. The molecule has 2 aliphatic heterocycles. The van der Waals surface area contributed by atoms with E-state index in [0.29, 0.717) is 42.5 Å². The number of nitrogens with zero attached hydrogens (tertiary/aromatic N) is 5. The van der Waals surface area contributed by atoms with Crippen molar-refractivity contribution in [2.24, 2.45) is 0 Å². The minimum atomic E-state index is -0.463. The van der Waals surface area contributed by atoms with Gasteiger partial charge in [-0.1, -0.05) is 12.1 Å². The topological polar surface area (TPSA) is 106 Å². The van der Waals surface area contributed by atoms with Crippen LogP contribution in [-0.2, 0) is 24.4 Å². The molecule has 0 bridgehead atoms. The predicted molar refractivity (Wildman–Crippen MR) is 139 cm³/mol. The zero-order valence-electron chi connectivity index (χ0n) is 21.4. The molecule has 2 saturated heterocycles. The number of rotatable bonds is 9. The molecule has 1 atom stereocenters. The lowest BCUT2D eigenvalue weighted by atomic mass is 9.93. The Morgan fingerprint density at radius 3 is 2.72 bits per heavy atom. The lowest BCUT2D eigenvalue weighted by molar-refractivity contribution is -0.0592. The number of benzene rings is 1. The molecule has 0 saturated carbocycles. The maximum atomic E-state index is 14.2. The van der Waals surface area contributed by atoms with Crippen LogP contribution in [0.15, 0.2) is 46.9 Å². The lowest BCUT2D eigenvalue weighted by Crippen LogP contribution is -2.35. The molecule has 2 fully saturated rings. The van der Waals surface area contributed by atoms with Crippen LogP contribution in [-0.4, -0.2) is 51.5 Å². The van der Waals surface area contributed by atoms with Crippen molar-refractivity contribution in [3.63, 3.8) is 0 Å². The molecule has 6 rings (SSSR count). The summed E-state index contributed by atoms with van der Waals surface area (Å²) >= 11 is 0. The number of likely N-dealkylation sites (tertiary alicyclic amines) is 1. The van der Waals surface area contributed by atoms with Gasteiger partial charge in [-0.3, -0.25) is 9.69 Å². The third-order valence-corrected chi connectivity index (χ3v) is 7.52. The molecule has 0 spiro atoms. The van der Waals surface area contributed by atoms with Gasteiger partial charge in [0.2, 0.25) is 11.6 Å². The second-order valence-corrected chi connectivity index (χ2v) is 10.0. The van der Waals surface area contributed by atoms with Crippen molar-refractivity contribution >= 4 is 17.5 Å². The standard InChI is InChI=1S/C29H28FN5O4/c30-24-12-19(14-31)4-5-21(24)18-38-28-3-1-2-25(32-28)20-6-9-34(10-7-20)16-27-33-29-26(13-23(17-36)39-29)35(27)15-22-8-11-37-22/h1-5,12-13,17,20,22H,6-11,15-16,18H2. The summed E-state index contributed by atoms with van der Waals surface area (Å²) in [5.74, 6) is 1.49. The van der Waals surface area contributed by atoms with Crippen LogP contribution in [0.25, 0.3) is 11.2 Å². The molecule has 2 aliphatic rings. The SMILES string of the molecule is N#Cc1ccc(COc2cccc(C3CCN(Cc4nc5oc(C=O)cc5n4CC4CCO4)CC3)n2)c(F)c1. The van der Waals surface area contributed by atoms with E-state index in [-0.39, 0.29) is 24.0 Å². The number of fused-ring (bicyclic) bond motifs is 1. The summed E-state index contributed by atoms with van der Waals surface area (Å²) in [7, 11) is 0. The van der Waals surface area contributed by atoms with Gasteiger partial charge in [0.05, 0.1) is 30.8 Å². The minimum absolute atomic E-state index is 0.0439. The molecule has 10 heteroatoms. The number of carbonyl (C=O) groups excluding carboxylic acids is 1. The number of piperidine rings is 1. The Labute approximate surface area is 224 Å². The largest absolute Gasteiger partial charge is 0.473 e. The number of aldehydes is 1. The van der Waals surface area contributed by atoms with Crippen LogP contribution in [0.3, 0.4) is 0 Å². The van der Waals surface area contributed by atoms with Gasteiger partial charge in [0, 0.05) is 35.9 Å². The van der Waals surface area contributed by atoms with Crippen LogP contribution in [0.4, 0.5) is 4.39 Å². The van der Waals surface area contributed by atoms with E-state index in [9.17, 15) is 9.18 Å². The molecule has 1 aromatic carbocycles. The molecule has 0 amide bonds. The molecule has 5 heterocycles. The van der Waals surface area contributed by atoms with E-state index in [4.69, 9.17) is 29.1 Å². The van der Waals surface area contributed by atoms with Gasteiger partial charge in [-0.25, -0.2) is 9.37 Å². The van der Waals surface area contributed by atoms with Gasteiger partial charge in [0.1, 0.15) is 23.8 Å². The van der Waals surface area contributed by atoms with Gasteiger partial charge >= 0.3 is 0 Å². The van der Waals surface area contributed by atoms with Gasteiger partial charge in [0.25, 0.3) is 0 Å². The number of hydrogen-bond acceptors (Lipinski definition) is 8. The highest BCUT2D eigenvalue weighted by molar-refractivity contribution is 5.81. The smallest absolute Gasteiger partial charge is 0.245 e. The summed E-state index contributed by atoms with van der Waals surface area (Å²) in [6.45, 7) is 3.99. The van der Waals surface area contributed by atoms with Gasteiger partial charge in [-0.05, 0) is 50.6 Å². The van der Waals surface area contributed by atoms with Crippen LogP contribution >= 0.6 is 0 Å². The molecule has 0 N–H and O–H groups in total. The van der Waals surface area contributed by atoms with E-state index < -0.39 is 5.82 Å². The molecule has 1 unspecified atom stereocenters. The lowest BCUT2D eigenvalue weighted by Gasteiger charge is -2.32. The van der Waals surface area contributed by atoms with E-state index in [1.54, 1.807) is 24.3 Å². The number of aromatic nitrogens is 3. The fraction of sp³-hybridized carbons (Fsp3) is 0.379. The van der Waals surface area contributed by atoms with Crippen LogP contribution in [0, 0.1) is 17.1 Å². The molecule has 0 aliphatic carbocycles. The summed E-state index contributed by atoms with van der Waals surface area (Å²) < 4.78 is 33.4. The Kier molecular flexibility index (Phi) is 7.09. The zero-order chi connectivity index (χ0) is 26.8. The maximum absolute atomic E-state index is 14.2. The molecule has 3 aromatic heterocycles. The first kappa shape index (κ1) is 25.2. The third kappa shape index (κ3) is 5.41. The summed E-state index contributed by atoms with van der Waals surface area (Å²) in [5, 5.41) is 8.91. The van der Waals surface area contributed by atoms with E-state index in [0.717, 1.165) is 56.0 Å². The second kappa shape index (κ2) is 11.0. The van der Waals surface area contributed by atoms with Crippen molar-refractivity contribution in [3.05, 3.63) is 76.7 Å². The summed E-state index contributed by atoms with van der Waals surface area (Å²) in [6, 6.07) is 13.7. The number of carbonyl (C=O) groups is 1. The van der Waals surface area contributed by atoms with Crippen molar-refractivity contribution in [1.82, 2.24) is 19.4 Å². The summed E-state index contributed by atoms with van der Waals surface area (Å²) in [4.78, 5) is 23.0. The Morgan fingerprint density at radius 2 is 2.00 bits per heavy atom. The van der Waals surface area contributed by atoms with E-state index in [1.165, 1.54) is 6.07 Å². The molecule has 9 nitrogen and oxygen atoms in total. The summed E-state index contributed by atoms with van der Waals surface area (Å²) in [6.07, 6.45) is 3.77. The van der Waals surface area contributed by atoms with Crippen LogP contribution < -0.4 is 4.74 Å². The molecule has 200 valence electrons. The van der Waals surface area contributed by atoms with Gasteiger partial charge in [0.15, 0.2) is 12.0 Å². The first-order chi connectivity index (χ1) is 19.1. The van der Waals surface area contributed by atoms with Gasteiger partial charge < -0.3 is 18.5 Å². The molecular formula is C29H28FN5O4. The highest BCUT2D eigenvalue weighted by Gasteiger charge is 2.27. The van der Waals surface area contributed by atoms with Gasteiger partial charge in [-0.15, -0.1) is 0 Å². The van der Waals surface area contributed by atoms with E-state index in [2.05, 4.69) is 9.47 Å². The van der Waals surface area contributed by atoms with Crippen molar-refractivity contribution in [2.45, 2.75) is 51.0 Å². The minimum Gasteiger partial charge on any atom is -0.473 e. The number of furan rings is 1. The molecule has 0 radical (unpaired) electrons. The van der Waals surface area contributed by atoms with E-state index in [1.807, 2.05) is 18.2 Å².